The third kappa shape index (κ3) is 5.28. The monoisotopic (exact) mass is 425 g/mol. The van der Waals surface area contributed by atoms with Gasteiger partial charge in [0.1, 0.15) is 0 Å². The Morgan fingerprint density at radius 1 is 0.900 bits per heavy atom. The first kappa shape index (κ1) is 21.2. The summed E-state index contributed by atoms with van der Waals surface area (Å²) in [5.41, 5.74) is -2.18. The molecule has 0 saturated heterocycles. The summed E-state index contributed by atoms with van der Waals surface area (Å²) in [6, 6.07) is 9.23. The molecule has 1 heterocycles. The predicted octanol–water partition coefficient (Wildman–Crippen LogP) is 6.06. The molecule has 1 aromatic heterocycles. The van der Waals surface area contributed by atoms with Gasteiger partial charge in [-0.3, -0.25) is 4.98 Å². The molecule has 10 heteroatoms. The van der Waals surface area contributed by atoms with Gasteiger partial charge >= 0.3 is 18.4 Å². The molecule has 0 radical (unpaired) electrons. The Labute approximate surface area is 166 Å². The number of alkyl halides is 6. The Balaban J connectivity index is 1.72. The smallest absolute Gasteiger partial charge is 0.314 e. The largest absolute Gasteiger partial charge is 0.416 e. The van der Waals surface area contributed by atoms with E-state index in [2.05, 4.69) is 15.6 Å². The summed E-state index contributed by atoms with van der Waals surface area (Å²) in [7, 11) is 0. The van der Waals surface area contributed by atoms with Crippen molar-refractivity contribution >= 4 is 28.7 Å². The molecule has 156 valence electrons. The predicted molar refractivity (Wildman–Crippen MR) is 99.4 cm³/mol. The Hall–Kier alpha value is -3.56. The van der Waals surface area contributed by atoms with Crippen LogP contribution in [0.1, 0.15) is 16.7 Å². The van der Waals surface area contributed by atoms with Gasteiger partial charge in [0, 0.05) is 11.6 Å². The summed E-state index contributed by atoms with van der Waals surface area (Å²) < 4.78 is 77.2. The number of nitrogens with zero attached hydrogens (tertiary/aromatic N) is 1. The number of halogens is 6. The lowest BCUT2D eigenvalue weighted by Gasteiger charge is -2.13. The number of hydrogen-bond donors (Lipinski definition) is 2. The number of carbonyl (C=O) groups excluding carboxylic acids is 1. The second kappa shape index (κ2) is 8.05. The van der Waals surface area contributed by atoms with Gasteiger partial charge in [-0.15, -0.1) is 0 Å². The Kier molecular flexibility index (Phi) is 5.68. The van der Waals surface area contributed by atoms with Crippen LogP contribution in [0.25, 0.3) is 17.0 Å². The molecule has 3 rings (SSSR count). The fraction of sp³-hybridized carbons (Fsp3) is 0.100. The molecule has 0 bridgehead atoms. The van der Waals surface area contributed by atoms with Gasteiger partial charge < -0.3 is 10.6 Å². The second-order valence-corrected chi connectivity index (χ2v) is 6.19. The number of nitrogens with one attached hydrogen (secondary N) is 2. The van der Waals surface area contributed by atoms with Crippen LogP contribution in [-0.4, -0.2) is 11.0 Å². The van der Waals surface area contributed by atoms with E-state index in [4.69, 9.17) is 0 Å². The van der Waals surface area contributed by atoms with Gasteiger partial charge in [0.05, 0.1) is 28.5 Å². The zero-order valence-corrected chi connectivity index (χ0v) is 15.0. The van der Waals surface area contributed by atoms with Crippen LogP contribution < -0.4 is 10.6 Å². The second-order valence-electron chi connectivity index (χ2n) is 6.19. The first-order valence-electron chi connectivity index (χ1n) is 8.41. The number of anilines is 1. The molecule has 0 atom stereocenters. The SMILES string of the molecule is O=C(N/C=C/c1cc(C(F)(F)F)cc(C(F)(F)F)c1)Nc1cnc2ccccc2c1. The van der Waals surface area contributed by atoms with E-state index in [9.17, 15) is 31.1 Å². The molecule has 2 amide bonds. The lowest BCUT2D eigenvalue weighted by molar-refractivity contribution is -0.143. The zero-order chi connectivity index (χ0) is 21.9. The number of urea groups is 1. The average Bonchev–Trinajstić information content (AvgIpc) is 2.66. The molecule has 2 N–H and O–H groups in total. The zero-order valence-electron chi connectivity index (χ0n) is 15.0. The lowest BCUT2D eigenvalue weighted by Crippen LogP contribution is -2.23. The van der Waals surface area contributed by atoms with Crippen molar-refractivity contribution < 1.29 is 31.1 Å². The maximum Gasteiger partial charge on any atom is 0.416 e. The van der Waals surface area contributed by atoms with Gasteiger partial charge in [-0.05, 0) is 42.0 Å². The molecule has 0 saturated carbocycles. The molecule has 0 aliphatic carbocycles. The van der Waals surface area contributed by atoms with Gasteiger partial charge in [0.2, 0.25) is 0 Å². The molecule has 0 unspecified atom stereocenters. The molecule has 0 fully saturated rings. The minimum Gasteiger partial charge on any atom is -0.314 e. The lowest BCUT2D eigenvalue weighted by atomic mass is 10.0. The third-order valence-electron chi connectivity index (χ3n) is 3.95. The van der Waals surface area contributed by atoms with Gasteiger partial charge in [-0.2, -0.15) is 26.3 Å². The van der Waals surface area contributed by atoms with Crippen LogP contribution in [0.5, 0.6) is 0 Å². The number of aromatic nitrogens is 1. The summed E-state index contributed by atoms with van der Waals surface area (Å²) in [6.45, 7) is 0. The molecule has 3 aromatic rings. The van der Waals surface area contributed by atoms with Crippen LogP contribution >= 0.6 is 0 Å². The molecule has 2 aromatic carbocycles. The van der Waals surface area contributed by atoms with Crippen LogP contribution in [0.3, 0.4) is 0 Å². The highest BCUT2D eigenvalue weighted by Gasteiger charge is 2.36. The number of para-hydroxylation sites is 1. The number of hydrogen-bond acceptors (Lipinski definition) is 2. The fourth-order valence-electron chi connectivity index (χ4n) is 2.60. The number of pyridine rings is 1. The minimum atomic E-state index is -4.95. The van der Waals surface area contributed by atoms with Gasteiger partial charge in [-0.25, -0.2) is 4.79 Å². The Morgan fingerprint density at radius 3 is 2.17 bits per heavy atom. The molecule has 30 heavy (non-hydrogen) atoms. The van der Waals surface area contributed by atoms with Crippen molar-refractivity contribution in [1.82, 2.24) is 10.3 Å². The van der Waals surface area contributed by atoms with Crippen molar-refractivity contribution in [3.05, 3.63) is 77.6 Å². The Bertz CT molecular complexity index is 1070. The molecule has 0 spiro atoms. The highest BCUT2D eigenvalue weighted by atomic mass is 19.4. The summed E-state index contributed by atoms with van der Waals surface area (Å²) in [5, 5.41) is 5.46. The number of benzene rings is 2. The molecular weight excluding hydrogens is 412 g/mol. The molecule has 4 nitrogen and oxygen atoms in total. The average molecular weight is 425 g/mol. The first-order chi connectivity index (χ1) is 14.0. The quantitative estimate of drug-likeness (QED) is 0.501. The standard InChI is InChI=1S/C20H13F6N3O/c21-19(22,23)14-7-12(8-15(10-14)20(24,25)26)5-6-27-18(30)29-16-9-13-3-1-2-4-17(13)28-11-16/h1-11H,(H2,27,29,30)/b6-5+. The van der Waals surface area contributed by atoms with E-state index in [0.29, 0.717) is 23.3 Å². The summed E-state index contributed by atoms with van der Waals surface area (Å²) in [6.07, 6.45) is -6.61. The van der Waals surface area contributed by atoms with Crippen molar-refractivity contribution in [2.24, 2.45) is 0 Å². The van der Waals surface area contributed by atoms with Crippen molar-refractivity contribution in [2.75, 3.05) is 5.32 Å². The molecule has 0 aliphatic rings. The first-order valence-corrected chi connectivity index (χ1v) is 8.41. The van der Waals surface area contributed by atoms with E-state index in [0.717, 1.165) is 17.7 Å². The number of rotatable bonds is 3. The third-order valence-corrected chi connectivity index (χ3v) is 3.95. The Morgan fingerprint density at radius 2 is 1.53 bits per heavy atom. The van der Waals surface area contributed by atoms with E-state index in [1.807, 2.05) is 0 Å². The van der Waals surface area contributed by atoms with Crippen molar-refractivity contribution in [3.8, 4) is 0 Å². The van der Waals surface area contributed by atoms with Crippen LogP contribution in [0.15, 0.2) is 60.9 Å². The molecular formula is C20H13F6N3O. The normalized spacial score (nSPS) is 12.3. The topological polar surface area (TPSA) is 54.0 Å². The van der Waals surface area contributed by atoms with Crippen LogP contribution in [0.2, 0.25) is 0 Å². The van der Waals surface area contributed by atoms with Crippen molar-refractivity contribution in [2.45, 2.75) is 12.4 Å². The van der Waals surface area contributed by atoms with Gasteiger partial charge in [0.15, 0.2) is 0 Å². The number of fused-ring (bicyclic) bond motifs is 1. The van der Waals surface area contributed by atoms with Crippen LogP contribution in [0, 0.1) is 0 Å². The molecule has 0 aliphatic heterocycles. The van der Waals surface area contributed by atoms with Crippen molar-refractivity contribution in [3.63, 3.8) is 0 Å². The van der Waals surface area contributed by atoms with Crippen LogP contribution in [0.4, 0.5) is 36.8 Å². The van der Waals surface area contributed by atoms with Crippen LogP contribution in [-0.2, 0) is 12.4 Å². The van der Waals surface area contributed by atoms with Gasteiger partial charge in [-0.1, -0.05) is 18.2 Å². The summed E-state index contributed by atoms with van der Waals surface area (Å²) in [4.78, 5) is 16.1. The number of amides is 2. The van der Waals surface area contributed by atoms with Gasteiger partial charge in [0.25, 0.3) is 0 Å². The van der Waals surface area contributed by atoms with E-state index >= 15 is 0 Å². The van der Waals surface area contributed by atoms with E-state index < -0.39 is 29.5 Å². The maximum atomic E-state index is 12.9. The van der Waals surface area contributed by atoms with Crippen molar-refractivity contribution in [1.29, 1.82) is 0 Å². The summed E-state index contributed by atoms with van der Waals surface area (Å²) in [5.74, 6) is 0. The highest BCUT2D eigenvalue weighted by Crippen LogP contribution is 2.36. The van der Waals surface area contributed by atoms with E-state index in [1.54, 1.807) is 30.3 Å². The van der Waals surface area contributed by atoms with E-state index in [-0.39, 0.29) is 11.6 Å². The minimum absolute atomic E-state index is 0.0319. The maximum absolute atomic E-state index is 12.9. The number of carbonyl (C=O) groups is 1. The fourth-order valence-corrected chi connectivity index (χ4v) is 2.60. The van der Waals surface area contributed by atoms with E-state index in [1.165, 1.54) is 6.20 Å². The summed E-state index contributed by atoms with van der Waals surface area (Å²) >= 11 is 0. The highest BCUT2D eigenvalue weighted by molar-refractivity contribution is 5.92.